The fourth-order valence-electron chi connectivity index (χ4n) is 16.1. The fourth-order valence-corrected chi connectivity index (χ4v) is 18.6. The molecule has 0 aromatic heterocycles. The van der Waals surface area contributed by atoms with Gasteiger partial charge < -0.3 is 89.1 Å². The van der Waals surface area contributed by atoms with Gasteiger partial charge in [0.25, 0.3) is 0 Å². The number of hydrogen-bond acceptors (Lipinski definition) is 20. The monoisotopic (exact) mass is 1430 g/mol. The largest absolute Gasteiger partial charge is 0.445 e. The van der Waals surface area contributed by atoms with E-state index >= 15 is 0 Å². The van der Waals surface area contributed by atoms with Crippen LogP contribution in [0, 0.1) is 11.8 Å². The number of methoxy groups -OCH3 is 1. The second-order valence-corrected chi connectivity index (χ2v) is 30.6. The normalized spacial score (nSPS) is 33.3. The van der Waals surface area contributed by atoms with Gasteiger partial charge in [0.05, 0.1) is 106 Å². The zero-order valence-electron chi connectivity index (χ0n) is 58.8. The van der Waals surface area contributed by atoms with Crippen LogP contribution in [0.1, 0.15) is 115 Å². The Hall–Kier alpha value is -6.05. The summed E-state index contributed by atoms with van der Waals surface area (Å²) in [6.45, 7) is 16.3. The Morgan fingerprint density at radius 1 is 0.713 bits per heavy atom. The number of carbonyl (C=O) groups excluding carboxylic acids is 7. The Bertz CT molecular complexity index is 3230. The number of hydrogen-bond donors (Lipinski definition) is 7. The number of amides is 6. The van der Waals surface area contributed by atoms with Gasteiger partial charge in [-0.3, -0.25) is 33.7 Å². The maximum Gasteiger partial charge on any atom is 0.407 e. The highest BCUT2D eigenvalue weighted by Gasteiger charge is 2.69. The Balaban J connectivity index is 0.643. The third-order valence-corrected chi connectivity index (χ3v) is 23.9. The van der Waals surface area contributed by atoms with Gasteiger partial charge in [-0.2, -0.15) is 10.5 Å². The number of fused-ring (bicyclic) bond motifs is 6. The van der Waals surface area contributed by atoms with Crippen molar-refractivity contribution in [2.45, 2.75) is 225 Å². The van der Waals surface area contributed by atoms with Crippen molar-refractivity contribution in [3.05, 3.63) is 90.0 Å². The van der Waals surface area contributed by atoms with Gasteiger partial charge in [0.1, 0.15) is 42.8 Å². The van der Waals surface area contributed by atoms with E-state index in [1.54, 1.807) is 55.6 Å². The van der Waals surface area contributed by atoms with Crippen molar-refractivity contribution in [2.75, 3.05) is 84.7 Å². The molecule has 10 fully saturated rings. The van der Waals surface area contributed by atoms with Crippen LogP contribution >= 0.6 is 10.5 Å². The highest BCUT2D eigenvalue weighted by Crippen LogP contribution is 2.57. The zero-order valence-corrected chi connectivity index (χ0v) is 59.6. The first kappa shape index (κ1) is 76.1. The molecule has 1 spiro atoms. The first-order chi connectivity index (χ1) is 48.7. The first-order valence-corrected chi connectivity index (χ1v) is 37.8. The van der Waals surface area contributed by atoms with E-state index in [1.165, 1.54) is 0 Å². The summed E-state index contributed by atoms with van der Waals surface area (Å²) < 4.78 is 71.0. The summed E-state index contributed by atoms with van der Waals surface area (Å²) in [7, 11) is 1.09. The molecular formula is C74H105N7O19S. The average Bonchev–Trinajstić information content (AvgIpc) is 1.55. The lowest BCUT2D eigenvalue weighted by Gasteiger charge is -2.49. The van der Waals surface area contributed by atoms with Gasteiger partial charge in [0.15, 0.2) is 5.79 Å². The van der Waals surface area contributed by atoms with Crippen LogP contribution in [0.15, 0.2) is 78.9 Å². The van der Waals surface area contributed by atoms with Gasteiger partial charge in [0.2, 0.25) is 29.5 Å². The number of alkyl carbamates (subject to hydrolysis) is 1. The van der Waals surface area contributed by atoms with Gasteiger partial charge in [-0.25, -0.2) is 4.79 Å². The van der Waals surface area contributed by atoms with Crippen molar-refractivity contribution >= 4 is 63.5 Å². The van der Waals surface area contributed by atoms with Crippen LogP contribution in [0.25, 0.3) is 0 Å². The number of benzene rings is 2. The maximum atomic E-state index is 14.7. The molecule has 10 aliphatic rings. The maximum absolute atomic E-state index is 14.7. The standard InChI is InChI=1S/C74H105N7O19S/c1-8-91-27-25-81(26-28-92-9-2)41-65(87)76-38-62(84)75-39-64(86)80-55(31-46-13-11-10-12-14-46)72(88)77-40-63(85)79-48-17-15-47(16-18-48)42-93-73(89)78-37-50(83)34-60-66(90-6)54-33-49(82)32-53-20-22-57-71(101(53)7)70-69-68(97-57)67-61(98-69)36-74(99-67,100-70)24-23-52-30-44(4)56(94-52)21-19-51-29-43(3)45(5)58(95-51)35-59(54)96-60/h10-18,43,50-61,66-71,83H,4-5,7-9,19-42H2,1-3,6H3,(H,75,84)(H,76,87)(H,77,88)(H,78,89)(H,79,85)(H,80,86)/t43-,50+,51+,52+,53-,54+,55+,56+,57+,58-,59+,60-,61?,66-,67+,68?,69?,70-,71+,74+,101?/m1/s1. The molecular weight excluding hydrogens is 1320 g/mol. The summed E-state index contributed by atoms with van der Waals surface area (Å²) in [5.74, 6) is 1.00. The molecule has 27 heteroatoms. The third kappa shape index (κ3) is 19.9. The van der Waals surface area contributed by atoms with Crippen molar-refractivity contribution in [1.29, 1.82) is 0 Å². The molecule has 26 nitrogen and oxygen atoms in total. The van der Waals surface area contributed by atoms with E-state index < -0.39 is 95.4 Å². The summed E-state index contributed by atoms with van der Waals surface area (Å²) in [4.78, 5) is 94.9. The second-order valence-electron chi connectivity index (χ2n) is 28.5. The predicted molar refractivity (Wildman–Crippen MR) is 375 cm³/mol. The lowest BCUT2D eigenvalue weighted by molar-refractivity contribution is -0.251. The smallest absolute Gasteiger partial charge is 0.407 e. The number of anilines is 1. The van der Waals surface area contributed by atoms with Gasteiger partial charge >= 0.3 is 6.09 Å². The minimum absolute atomic E-state index is 0.00207. The molecule has 4 unspecified atom stereocenters. The number of aliphatic hydroxyl groups is 1. The Labute approximate surface area is 594 Å². The van der Waals surface area contributed by atoms with Gasteiger partial charge in [-0.1, -0.05) is 68.4 Å². The van der Waals surface area contributed by atoms with Gasteiger partial charge in [0, 0.05) is 102 Å². The fraction of sp³-hybridized carbons (Fsp3) is 0.676. The molecule has 2 aromatic carbocycles. The summed E-state index contributed by atoms with van der Waals surface area (Å²) >= 11 is 0. The molecule has 7 N–H and O–H groups in total. The number of carbonyl (C=O) groups is 7. The predicted octanol–water partition coefficient (Wildman–Crippen LogP) is 4.48. The van der Waals surface area contributed by atoms with E-state index in [0.717, 1.165) is 61.7 Å². The molecule has 556 valence electrons. The summed E-state index contributed by atoms with van der Waals surface area (Å²) in [5.41, 5.74) is 3.79. The quantitative estimate of drug-likeness (QED) is 0.0351. The highest BCUT2D eigenvalue weighted by atomic mass is 32.2. The van der Waals surface area contributed by atoms with Crippen LogP contribution in [-0.2, 0) is 93.9 Å². The molecule has 0 radical (unpaired) electrons. The Morgan fingerprint density at radius 2 is 1.42 bits per heavy atom. The van der Waals surface area contributed by atoms with Crippen molar-refractivity contribution in [3.63, 3.8) is 0 Å². The molecule has 2 aromatic rings. The molecule has 10 aliphatic heterocycles. The SMILES string of the molecule is C=C1C[C@@H]2CC[C@@]34CC5OC6C(O[C@H]7CC[C@H](CC(=O)C[C@@H]8[C@@H](OC)[C@@H](C[C@H](O)CNC(=O)OCc9ccc(NC(=O)CNC(=O)[C@H](Cc%10ccccc%10)NC(=O)CNC(=O)CNC(=O)CN(CCOCC)CCOCC)cc9)O[C@H]8C[C@H]8O[C@@H](CC[C@@H]1O2)C[C@@H](C)C8=C)S(=C)[C@@H]7[C@@H]6O3)[C@H]5O4. The van der Waals surface area contributed by atoms with Crippen LogP contribution in [0.2, 0.25) is 0 Å². The van der Waals surface area contributed by atoms with Crippen LogP contribution in [-0.4, -0.2) is 244 Å². The summed E-state index contributed by atoms with van der Waals surface area (Å²) in [6.07, 6.45) is 2.73. The van der Waals surface area contributed by atoms with E-state index in [1.807, 2.05) is 24.8 Å². The van der Waals surface area contributed by atoms with E-state index in [0.29, 0.717) is 76.5 Å². The van der Waals surface area contributed by atoms with Crippen molar-refractivity contribution < 1.29 is 90.8 Å². The molecule has 101 heavy (non-hydrogen) atoms. The second kappa shape index (κ2) is 35.6. The van der Waals surface area contributed by atoms with Gasteiger partial charge in [-0.15, -0.1) is 0 Å². The summed E-state index contributed by atoms with van der Waals surface area (Å²) in [5, 5.41) is 27.2. The molecule has 0 aliphatic carbocycles. The molecule has 12 rings (SSSR count). The molecule has 6 amide bonds. The van der Waals surface area contributed by atoms with Crippen LogP contribution in [0.3, 0.4) is 0 Å². The third-order valence-electron chi connectivity index (χ3n) is 21.4. The average molecular weight is 1430 g/mol. The number of nitrogens with zero attached hydrogens (tertiary/aromatic N) is 1. The first-order valence-electron chi connectivity index (χ1n) is 36.3. The van der Waals surface area contributed by atoms with Crippen molar-refractivity contribution in [1.82, 2.24) is 31.5 Å². The van der Waals surface area contributed by atoms with E-state index in [-0.39, 0.29) is 135 Å². The van der Waals surface area contributed by atoms with Crippen LogP contribution in [0.4, 0.5) is 10.5 Å². The van der Waals surface area contributed by atoms with E-state index in [9.17, 15) is 38.7 Å². The number of nitrogens with one attached hydrogen (secondary N) is 6. The number of ether oxygens (including phenoxy) is 11. The highest BCUT2D eigenvalue weighted by molar-refractivity contribution is 8.15. The van der Waals surface area contributed by atoms with Crippen molar-refractivity contribution in [2.24, 2.45) is 11.8 Å². The topological polar surface area (TPSA) is 317 Å². The Morgan fingerprint density at radius 3 is 2.17 bits per heavy atom. The summed E-state index contributed by atoms with van der Waals surface area (Å²) in [6, 6.07) is 14.4. The molecule has 0 saturated carbocycles. The lowest BCUT2D eigenvalue weighted by Crippen LogP contribution is -2.59. The molecule has 12 bridgehead atoms. The lowest BCUT2D eigenvalue weighted by atomic mass is 9.81. The number of rotatable bonds is 28. The number of ketones is 1. The molecule has 10 heterocycles. The minimum Gasteiger partial charge on any atom is -0.445 e. The van der Waals surface area contributed by atoms with Crippen LogP contribution < -0.4 is 31.9 Å². The molecule has 10 saturated heterocycles. The van der Waals surface area contributed by atoms with Gasteiger partial charge in [-0.05, 0) is 99.1 Å². The van der Waals surface area contributed by atoms with E-state index in [2.05, 4.69) is 52.0 Å². The van der Waals surface area contributed by atoms with Crippen molar-refractivity contribution in [3.8, 4) is 0 Å². The zero-order chi connectivity index (χ0) is 71.3. The van der Waals surface area contributed by atoms with Crippen LogP contribution in [0.5, 0.6) is 0 Å². The minimum atomic E-state index is -1.12. The number of aliphatic hydroxyl groups excluding tert-OH is 1. The molecule has 21 atom stereocenters. The van der Waals surface area contributed by atoms with E-state index in [4.69, 9.17) is 58.0 Å². The Kier molecular flexibility index (Phi) is 26.8. The number of Topliss-reactive ketones (excluding diaryl/α,β-unsaturated/α-hetero) is 1.